The van der Waals surface area contributed by atoms with E-state index in [-0.39, 0.29) is 23.9 Å². The molecule has 0 heterocycles. The van der Waals surface area contributed by atoms with Crippen LogP contribution in [0.25, 0.3) is 0 Å². The molecule has 0 aliphatic heterocycles. The Morgan fingerprint density at radius 1 is 0.977 bits per heavy atom. The first-order chi connectivity index (χ1) is 21.2. The summed E-state index contributed by atoms with van der Waals surface area (Å²) in [6, 6.07) is 22.5. The highest BCUT2D eigenvalue weighted by atomic mass is 19.1. The number of allylic oxidation sites excluding steroid dienone is 3. The molecule has 0 fully saturated rings. The summed E-state index contributed by atoms with van der Waals surface area (Å²) in [5, 5.41) is 6.59. The highest BCUT2D eigenvalue weighted by Crippen LogP contribution is 2.15. The number of nitrogens with one attached hydrogen (secondary N) is 2. The smallest absolute Gasteiger partial charge is 0.251 e. The molecule has 0 aliphatic carbocycles. The predicted octanol–water partition coefficient (Wildman–Crippen LogP) is 8.70. The molecule has 1 amide bonds. The maximum absolute atomic E-state index is 14.0. The van der Waals surface area contributed by atoms with Gasteiger partial charge in [0.2, 0.25) is 0 Å². The van der Waals surface area contributed by atoms with Gasteiger partial charge < -0.3 is 15.4 Å². The van der Waals surface area contributed by atoms with Gasteiger partial charge in [-0.05, 0) is 72.7 Å². The zero-order valence-electron chi connectivity index (χ0n) is 26.8. The maximum atomic E-state index is 14.0. The summed E-state index contributed by atoms with van der Waals surface area (Å²) in [7, 11) is 1.67. The highest BCUT2D eigenvalue weighted by molar-refractivity contribution is 5.94. The van der Waals surface area contributed by atoms with Crippen LogP contribution in [-0.2, 0) is 24.1 Å². The van der Waals surface area contributed by atoms with Crippen LogP contribution in [0.4, 0.5) is 13.2 Å². The molecular weight excluding hydrogens is 561 g/mol. The normalized spacial score (nSPS) is 12.1. The van der Waals surface area contributed by atoms with Crippen molar-refractivity contribution in [3.63, 3.8) is 0 Å². The molecule has 3 aromatic carbocycles. The molecule has 0 saturated carbocycles. The number of halogens is 3. The third-order valence-electron chi connectivity index (χ3n) is 6.77. The number of methoxy groups -OCH3 is 1. The molecule has 0 radical (unpaired) electrons. The number of alkyl halides is 1. The Bertz CT molecular complexity index is 1270. The average Bonchev–Trinajstić information content (AvgIpc) is 3.03. The number of aryl methyl sites for hydroxylation is 1. The Morgan fingerprint density at radius 3 is 2.20 bits per heavy atom. The highest BCUT2D eigenvalue weighted by Gasteiger charge is 2.22. The molecule has 2 atom stereocenters. The third-order valence-corrected chi connectivity index (χ3v) is 6.77. The van der Waals surface area contributed by atoms with E-state index in [2.05, 4.69) is 55.3 Å². The molecule has 2 N–H and O–H groups in total. The maximum Gasteiger partial charge on any atom is 0.251 e. The summed E-state index contributed by atoms with van der Waals surface area (Å²) in [6.07, 6.45) is 5.87. The van der Waals surface area contributed by atoms with Gasteiger partial charge in [-0.3, -0.25) is 4.79 Å². The molecule has 7 heteroatoms. The Kier molecular flexibility index (Phi) is 19.9. The van der Waals surface area contributed by atoms with E-state index in [0.29, 0.717) is 24.1 Å². The minimum atomic E-state index is -0.706. The summed E-state index contributed by atoms with van der Waals surface area (Å²) in [5.41, 5.74) is 4.62. The lowest BCUT2D eigenvalue weighted by atomic mass is 10.0. The van der Waals surface area contributed by atoms with E-state index in [1.165, 1.54) is 24.1 Å². The van der Waals surface area contributed by atoms with Gasteiger partial charge in [-0.25, -0.2) is 13.2 Å². The molecule has 0 spiro atoms. The van der Waals surface area contributed by atoms with Gasteiger partial charge in [-0.2, -0.15) is 0 Å². The second kappa shape index (κ2) is 22.8. The molecule has 3 aromatic rings. The standard InChI is InChI=1S/C29H35FN2O2.C4H6F2.C4H8/c1-4-21-10-8-12-23(16-21)19-31-20-28(34-3)27(5-2)32-29(33)25-14-9-11-22(18-25)17-24-13-6-7-15-26(24)30;1-4(6)2-3-5;1-3-4-2/h6-16,18,27-28,31H,4-5,17,19-20H2,1-3H3,(H,32,33);2H,3H2,1H3;3H,1,4H2,2H3/b;4-2+;. The zero-order valence-corrected chi connectivity index (χ0v) is 26.8. The van der Waals surface area contributed by atoms with Crippen molar-refractivity contribution < 1.29 is 22.7 Å². The van der Waals surface area contributed by atoms with Crippen LogP contribution in [0, 0.1) is 5.82 Å². The van der Waals surface area contributed by atoms with E-state index in [1.54, 1.807) is 25.3 Å². The minimum Gasteiger partial charge on any atom is -0.378 e. The van der Waals surface area contributed by atoms with Crippen molar-refractivity contribution in [2.45, 2.75) is 72.1 Å². The van der Waals surface area contributed by atoms with E-state index in [1.807, 2.05) is 37.3 Å². The molecular formula is C37H49F3N2O2. The Morgan fingerprint density at radius 2 is 1.64 bits per heavy atom. The van der Waals surface area contributed by atoms with Crippen molar-refractivity contribution in [1.82, 2.24) is 10.6 Å². The number of amides is 1. The number of benzene rings is 3. The summed E-state index contributed by atoms with van der Waals surface area (Å²) in [6.45, 7) is 11.6. The van der Waals surface area contributed by atoms with E-state index in [0.717, 1.165) is 37.4 Å². The minimum absolute atomic E-state index is 0.137. The second-order valence-corrected chi connectivity index (χ2v) is 10.2. The molecule has 0 aromatic heterocycles. The second-order valence-electron chi connectivity index (χ2n) is 10.2. The van der Waals surface area contributed by atoms with E-state index in [9.17, 15) is 18.0 Å². The molecule has 0 aliphatic rings. The van der Waals surface area contributed by atoms with Gasteiger partial charge in [0.1, 0.15) is 12.5 Å². The van der Waals surface area contributed by atoms with Gasteiger partial charge in [0.15, 0.2) is 0 Å². The van der Waals surface area contributed by atoms with Crippen molar-refractivity contribution in [3.05, 3.63) is 131 Å². The molecule has 0 bridgehead atoms. The van der Waals surface area contributed by atoms with Crippen LogP contribution in [0.5, 0.6) is 0 Å². The van der Waals surface area contributed by atoms with Crippen molar-refractivity contribution >= 4 is 5.91 Å². The van der Waals surface area contributed by atoms with Gasteiger partial charge in [-0.15, -0.1) is 6.58 Å². The number of ether oxygens (including phenoxy) is 1. The molecule has 4 nitrogen and oxygen atoms in total. The zero-order chi connectivity index (χ0) is 32.7. The number of rotatable bonds is 14. The van der Waals surface area contributed by atoms with Crippen molar-refractivity contribution in [2.75, 3.05) is 20.3 Å². The fourth-order valence-electron chi connectivity index (χ4n) is 4.21. The SMILES string of the molecule is C/C(F)=C\CF.C=CCC.CCc1cccc(CNCC(OC)C(CC)NC(=O)c2cccc(Cc3ccccc3F)c2)c1. The first-order valence-electron chi connectivity index (χ1n) is 15.2. The third kappa shape index (κ3) is 15.2. The van der Waals surface area contributed by atoms with Crippen LogP contribution in [0.3, 0.4) is 0 Å². The van der Waals surface area contributed by atoms with Crippen LogP contribution in [0.15, 0.2) is 97.4 Å². The summed E-state index contributed by atoms with van der Waals surface area (Å²) in [5.74, 6) is -0.849. The van der Waals surface area contributed by atoms with Gasteiger partial charge in [0, 0.05) is 32.2 Å². The Labute approximate surface area is 262 Å². The predicted molar refractivity (Wildman–Crippen MR) is 177 cm³/mol. The first kappa shape index (κ1) is 38.3. The molecule has 2 unspecified atom stereocenters. The van der Waals surface area contributed by atoms with Crippen molar-refractivity contribution in [1.29, 1.82) is 0 Å². The van der Waals surface area contributed by atoms with Gasteiger partial charge in [0.25, 0.3) is 5.91 Å². The van der Waals surface area contributed by atoms with Gasteiger partial charge in [0.05, 0.1) is 18.0 Å². The quantitative estimate of drug-likeness (QED) is 0.180. The van der Waals surface area contributed by atoms with Crippen LogP contribution >= 0.6 is 0 Å². The van der Waals surface area contributed by atoms with E-state index < -0.39 is 12.5 Å². The lowest BCUT2D eigenvalue weighted by Gasteiger charge is -2.26. The summed E-state index contributed by atoms with van der Waals surface area (Å²) >= 11 is 0. The summed E-state index contributed by atoms with van der Waals surface area (Å²) < 4.78 is 42.0. The monoisotopic (exact) mass is 610 g/mol. The summed E-state index contributed by atoms with van der Waals surface area (Å²) in [4.78, 5) is 13.0. The Hall–Kier alpha value is -3.68. The fraction of sp³-hybridized carbons (Fsp3) is 0.378. The molecule has 240 valence electrons. The lowest BCUT2D eigenvalue weighted by molar-refractivity contribution is 0.0591. The van der Waals surface area contributed by atoms with E-state index in [4.69, 9.17) is 4.74 Å². The number of hydrogen-bond acceptors (Lipinski definition) is 3. The average molecular weight is 611 g/mol. The van der Waals surface area contributed by atoms with Crippen LogP contribution in [0.2, 0.25) is 0 Å². The van der Waals surface area contributed by atoms with Crippen LogP contribution in [0.1, 0.15) is 73.1 Å². The molecule has 44 heavy (non-hydrogen) atoms. The number of carbonyl (C=O) groups excluding carboxylic acids is 1. The van der Waals surface area contributed by atoms with Crippen LogP contribution < -0.4 is 10.6 Å². The molecule has 0 saturated heterocycles. The topological polar surface area (TPSA) is 50.4 Å². The first-order valence-corrected chi connectivity index (χ1v) is 15.2. The van der Waals surface area contributed by atoms with E-state index >= 15 is 0 Å². The Balaban J connectivity index is 0.000000837. The van der Waals surface area contributed by atoms with Gasteiger partial charge >= 0.3 is 0 Å². The van der Waals surface area contributed by atoms with Crippen LogP contribution in [-0.4, -0.2) is 38.4 Å². The van der Waals surface area contributed by atoms with Crippen molar-refractivity contribution in [3.8, 4) is 0 Å². The number of hydrogen-bond donors (Lipinski definition) is 2. The fourth-order valence-corrected chi connectivity index (χ4v) is 4.21. The van der Waals surface area contributed by atoms with Crippen molar-refractivity contribution in [2.24, 2.45) is 0 Å². The van der Waals surface area contributed by atoms with Gasteiger partial charge in [-0.1, -0.05) is 81.4 Å². The molecule has 3 rings (SSSR count). The number of carbonyl (C=O) groups is 1. The largest absolute Gasteiger partial charge is 0.378 e. The lowest BCUT2D eigenvalue weighted by Crippen LogP contribution is -2.48.